The third-order valence-electron chi connectivity index (χ3n) is 3.39. The molecule has 2 nitrogen and oxygen atoms in total. The van der Waals surface area contributed by atoms with Crippen molar-refractivity contribution in [2.24, 2.45) is 0 Å². The van der Waals surface area contributed by atoms with E-state index in [9.17, 15) is 13.2 Å². The van der Waals surface area contributed by atoms with Gasteiger partial charge in [0.25, 0.3) is 0 Å². The van der Waals surface area contributed by atoms with Crippen LogP contribution in [0, 0.1) is 0 Å². The minimum Gasteiger partial charge on any atom is -0.485 e. The van der Waals surface area contributed by atoms with Gasteiger partial charge >= 0.3 is 6.18 Å². The fraction of sp³-hybridized carbons (Fsp3) is 0.500. The van der Waals surface area contributed by atoms with Gasteiger partial charge in [-0.2, -0.15) is 13.2 Å². The van der Waals surface area contributed by atoms with Gasteiger partial charge in [-0.3, -0.25) is 0 Å². The van der Waals surface area contributed by atoms with E-state index >= 15 is 0 Å². The predicted molar refractivity (Wildman–Crippen MR) is 85.6 cm³/mol. The summed E-state index contributed by atoms with van der Waals surface area (Å²) in [6.07, 6.45) is -2.52. The van der Waals surface area contributed by atoms with E-state index in [4.69, 9.17) is 32.7 Å². The summed E-state index contributed by atoms with van der Waals surface area (Å²) in [7, 11) is 0. The number of benzene rings is 1. The van der Waals surface area contributed by atoms with Crippen molar-refractivity contribution >= 4 is 29.3 Å². The molecule has 2 rings (SSSR count). The van der Waals surface area contributed by atoms with E-state index in [1.54, 1.807) is 20.8 Å². The Morgan fingerprint density at radius 3 is 2.30 bits per heavy atom. The molecule has 1 atom stereocenters. The van der Waals surface area contributed by atoms with Gasteiger partial charge in [-0.1, -0.05) is 36.2 Å². The molecule has 1 unspecified atom stereocenters. The van der Waals surface area contributed by atoms with Crippen LogP contribution in [0.25, 0.3) is 6.08 Å². The van der Waals surface area contributed by atoms with Crippen molar-refractivity contribution in [1.82, 2.24) is 0 Å². The Morgan fingerprint density at radius 2 is 1.83 bits per heavy atom. The first-order chi connectivity index (χ1) is 10.4. The van der Waals surface area contributed by atoms with E-state index in [1.165, 1.54) is 19.1 Å². The molecule has 0 fully saturated rings. The lowest BCUT2D eigenvalue weighted by Crippen LogP contribution is -2.49. The summed E-state index contributed by atoms with van der Waals surface area (Å²) in [5.74, 6) is 0.0408. The number of alkyl halides is 3. The second kappa shape index (κ2) is 5.78. The van der Waals surface area contributed by atoms with Crippen LogP contribution in [0.4, 0.5) is 13.2 Å². The first-order valence-electron chi connectivity index (χ1n) is 7.06. The van der Waals surface area contributed by atoms with Crippen LogP contribution in [0.2, 0.25) is 10.0 Å². The number of rotatable bonds is 2. The SMILES string of the molecule is CCC1(C(F)(F)F)C=Cc2cc(Cl)c(OC(C)(C)C)c(Cl)c2O1. The minimum absolute atomic E-state index is 0.0612. The number of fused-ring (bicyclic) bond motifs is 1. The average Bonchev–Trinajstić information content (AvgIpc) is 2.41. The lowest BCUT2D eigenvalue weighted by Gasteiger charge is -2.36. The van der Waals surface area contributed by atoms with Gasteiger partial charge in [-0.25, -0.2) is 0 Å². The maximum absolute atomic E-state index is 13.4. The summed E-state index contributed by atoms with van der Waals surface area (Å²) < 4.78 is 51.1. The minimum atomic E-state index is -4.57. The lowest BCUT2D eigenvalue weighted by molar-refractivity contribution is -0.230. The topological polar surface area (TPSA) is 18.5 Å². The second-order valence-electron chi connectivity index (χ2n) is 6.31. The van der Waals surface area contributed by atoms with Gasteiger partial charge in [-0.15, -0.1) is 0 Å². The highest BCUT2D eigenvalue weighted by atomic mass is 35.5. The van der Waals surface area contributed by atoms with E-state index in [2.05, 4.69) is 0 Å². The Hall–Kier alpha value is -1.07. The van der Waals surface area contributed by atoms with Crippen molar-refractivity contribution in [2.45, 2.75) is 51.5 Å². The molecule has 0 bridgehead atoms. The molecule has 0 saturated heterocycles. The first-order valence-corrected chi connectivity index (χ1v) is 7.82. The van der Waals surface area contributed by atoms with Crippen molar-refractivity contribution in [2.75, 3.05) is 0 Å². The molecule has 0 amide bonds. The van der Waals surface area contributed by atoms with Gasteiger partial charge in [0.05, 0.1) is 5.02 Å². The van der Waals surface area contributed by atoms with Gasteiger partial charge in [0.15, 0.2) is 11.5 Å². The summed E-state index contributed by atoms with van der Waals surface area (Å²) in [5.41, 5.74) is -2.64. The summed E-state index contributed by atoms with van der Waals surface area (Å²) in [4.78, 5) is 0. The molecule has 7 heteroatoms. The largest absolute Gasteiger partial charge is 0.485 e. The smallest absolute Gasteiger partial charge is 0.432 e. The highest BCUT2D eigenvalue weighted by Crippen LogP contribution is 2.50. The van der Waals surface area contributed by atoms with Crippen molar-refractivity contribution in [1.29, 1.82) is 0 Å². The van der Waals surface area contributed by atoms with Gasteiger partial charge < -0.3 is 9.47 Å². The summed E-state index contributed by atoms with van der Waals surface area (Å²) in [6, 6.07) is 1.48. The fourth-order valence-electron chi connectivity index (χ4n) is 2.21. The Morgan fingerprint density at radius 1 is 1.22 bits per heavy atom. The summed E-state index contributed by atoms with van der Waals surface area (Å²) in [6.45, 7) is 6.75. The van der Waals surface area contributed by atoms with Crippen molar-refractivity contribution in [3.8, 4) is 11.5 Å². The molecule has 1 aromatic carbocycles. The zero-order chi connectivity index (χ0) is 17.6. The Kier molecular flexibility index (Phi) is 4.59. The highest BCUT2D eigenvalue weighted by Gasteiger charge is 2.56. The molecule has 0 saturated carbocycles. The third kappa shape index (κ3) is 3.41. The van der Waals surface area contributed by atoms with Crippen molar-refractivity contribution in [3.05, 3.63) is 27.8 Å². The molecule has 0 N–H and O–H groups in total. The Labute approximate surface area is 143 Å². The number of halogens is 5. The quantitative estimate of drug-likeness (QED) is 0.610. The molecule has 128 valence electrons. The Balaban J connectivity index is 2.57. The molecule has 1 aliphatic heterocycles. The first kappa shape index (κ1) is 18.3. The highest BCUT2D eigenvalue weighted by molar-refractivity contribution is 6.38. The van der Waals surface area contributed by atoms with Gasteiger partial charge in [0.1, 0.15) is 10.6 Å². The number of hydrogen-bond acceptors (Lipinski definition) is 2. The van der Waals surface area contributed by atoms with Gasteiger partial charge in [0, 0.05) is 5.56 Å². The molecule has 1 aliphatic rings. The normalized spacial score (nSPS) is 20.9. The van der Waals surface area contributed by atoms with Crippen LogP contribution >= 0.6 is 23.2 Å². The van der Waals surface area contributed by atoms with E-state index in [1.807, 2.05) is 0 Å². The number of hydrogen-bond donors (Lipinski definition) is 0. The molecule has 0 aromatic heterocycles. The molecule has 0 spiro atoms. The fourth-order valence-corrected chi connectivity index (χ4v) is 2.80. The van der Waals surface area contributed by atoms with E-state index in [0.29, 0.717) is 5.56 Å². The lowest BCUT2D eigenvalue weighted by atomic mass is 9.94. The maximum Gasteiger partial charge on any atom is 0.432 e. The molecular weight excluding hydrogens is 352 g/mol. The third-order valence-corrected chi connectivity index (χ3v) is 4.01. The predicted octanol–water partition coefficient (Wildman–Crippen LogP) is 6.29. The van der Waals surface area contributed by atoms with Crippen LogP contribution in [0.1, 0.15) is 39.7 Å². The van der Waals surface area contributed by atoms with E-state index < -0.39 is 17.4 Å². The van der Waals surface area contributed by atoms with E-state index in [-0.39, 0.29) is 28.0 Å². The second-order valence-corrected chi connectivity index (χ2v) is 7.10. The summed E-state index contributed by atoms with van der Waals surface area (Å²) >= 11 is 12.4. The zero-order valence-electron chi connectivity index (χ0n) is 13.1. The molecule has 1 aromatic rings. The van der Waals surface area contributed by atoms with Crippen LogP contribution in [-0.4, -0.2) is 17.4 Å². The zero-order valence-corrected chi connectivity index (χ0v) is 14.7. The maximum atomic E-state index is 13.4. The average molecular weight is 369 g/mol. The van der Waals surface area contributed by atoms with Crippen molar-refractivity contribution in [3.63, 3.8) is 0 Å². The molecule has 0 aliphatic carbocycles. The van der Waals surface area contributed by atoms with E-state index in [0.717, 1.165) is 6.08 Å². The standard InChI is InChI=1S/C16H17Cl2F3O2/c1-5-15(16(19,20)21)7-6-9-8-10(17)13(22-14(2,3)4)11(18)12(9)23-15/h6-8H,5H2,1-4H3. The van der Waals surface area contributed by atoms with Gasteiger partial charge in [0.2, 0.25) is 5.60 Å². The molecule has 23 heavy (non-hydrogen) atoms. The van der Waals surface area contributed by atoms with Crippen molar-refractivity contribution < 1.29 is 22.6 Å². The monoisotopic (exact) mass is 368 g/mol. The van der Waals surface area contributed by atoms with Crippen LogP contribution in [0.5, 0.6) is 11.5 Å². The van der Waals surface area contributed by atoms with Crippen LogP contribution in [-0.2, 0) is 0 Å². The molecule has 1 heterocycles. The summed E-state index contributed by atoms with van der Waals surface area (Å²) in [5, 5.41) is 0.154. The van der Waals surface area contributed by atoms with Gasteiger partial charge in [-0.05, 0) is 39.3 Å². The van der Waals surface area contributed by atoms with Crippen LogP contribution in [0.15, 0.2) is 12.1 Å². The Bertz CT molecular complexity index is 648. The van der Waals surface area contributed by atoms with Crippen LogP contribution in [0.3, 0.4) is 0 Å². The molecule has 0 radical (unpaired) electrons. The number of ether oxygens (including phenoxy) is 2. The molecular formula is C16H17Cl2F3O2. The van der Waals surface area contributed by atoms with Crippen LogP contribution < -0.4 is 9.47 Å².